The van der Waals surface area contributed by atoms with E-state index in [2.05, 4.69) is 165 Å². The Bertz CT molecular complexity index is 3620. The zero-order chi connectivity index (χ0) is 47.8. The monoisotopic (exact) mass is 937 g/mol. The van der Waals surface area contributed by atoms with Crippen molar-refractivity contribution in [3.8, 4) is 22.3 Å². The Hall–Kier alpha value is -5.54. The number of fused-ring (bicyclic) bond motifs is 10. The van der Waals surface area contributed by atoms with Gasteiger partial charge in [0.05, 0.1) is 0 Å². The first-order valence-electron chi connectivity index (χ1n) is 28.7. The first-order valence-corrected chi connectivity index (χ1v) is 28.7. The maximum Gasteiger partial charge on any atom is 0.333 e. The Kier molecular flexibility index (Phi) is 8.14. The van der Waals surface area contributed by atoms with Crippen LogP contribution < -0.4 is 15.8 Å². The van der Waals surface area contributed by atoms with Crippen molar-refractivity contribution in [1.82, 2.24) is 4.48 Å². The number of nitrogens with zero attached hydrogens (tertiary/aromatic N) is 2. The molecule has 0 radical (unpaired) electrons. The Morgan fingerprint density at radius 1 is 0.458 bits per heavy atom. The van der Waals surface area contributed by atoms with Crippen molar-refractivity contribution in [3.05, 3.63) is 149 Å². The van der Waals surface area contributed by atoms with Crippen molar-refractivity contribution >= 4 is 67.4 Å². The molecule has 0 N–H and O–H groups in total. The fourth-order valence-electron chi connectivity index (χ4n) is 19.9. The molecule has 72 heavy (non-hydrogen) atoms. The number of benzene rings is 7. The zero-order valence-corrected chi connectivity index (χ0v) is 43.4. The summed E-state index contributed by atoms with van der Waals surface area (Å²) < 4.78 is 2.91. The predicted molar refractivity (Wildman–Crippen MR) is 303 cm³/mol. The van der Waals surface area contributed by atoms with Gasteiger partial charge in [0, 0.05) is 44.4 Å². The summed E-state index contributed by atoms with van der Waals surface area (Å²) in [5.41, 5.74) is 23.9. The molecule has 2 nitrogen and oxygen atoms in total. The number of anilines is 3. The third-order valence-electron chi connectivity index (χ3n) is 22.4. The van der Waals surface area contributed by atoms with Crippen molar-refractivity contribution in [2.24, 2.45) is 35.5 Å². The lowest BCUT2D eigenvalue weighted by Crippen LogP contribution is -2.57. The average molecular weight is 937 g/mol. The predicted octanol–water partition coefficient (Wildman–Crippen LogP) is 16.6. The third-order valence-corrected chi connectivity index (χ3v) is 22.4. The highest BCUT2D eigenvalue weighted by Gasteiger charge is 2.54. The van der Waals surface area contributed by atoms with E-state index in [0.717, 1.165) is 35.5 Å². The summed E-state index contributed by atoms with van der Waals surface area (Å²) in [7, 11) is 0. The minimum Gasteiger partial charge on any atom is -0.375 e. The molecule has 0 atom stereocenters. The van der Waals surface area contributed by atoms with Crippen molar-refractivity contribution in [3.63, 3.8) is 0 Å². The van der Waals surface area contributed by atoms with Gasteiger partial charge in [0.2, 0.25) is 0 Å². The molecule has 3 heteroatoms. The zero-order valence-electron chi connectivity index (χ0n) is 43.4. The van der Waals surface area contributed by atoms with E-state index >= 15 is 0 Å². The minimum absolute atomic E-state index is 0.00813. The van der Waals surface area contributed by atoms with E-state index in [0.29, 0.717) is 5.41 Å². The molecule has 8 aromatic rings. The number of aromatic nitrogens is 1. The first-order chi connectivity index (χ1) is 34.9. The van der Waals surface area contributed by atoms with Crippen LogP contribution in [-0.2, 0) is 21.7 Å². The second-order valence-electron chi connectivity index (χ2n) is 27.6. The van der Waals surface area contributed by atoms with Gasteiger partial charge in [-0.05, 0) is 269 Å². The van der Waals surface area contributed by atoms with Gasteiger partial charge in [-0.25, -0.2) is 0 Å². The van der Waals surface area contributed by atoms with Crippen molar-refractivity contribution in [1.29, 1.82) is 0 Å². The molecule has 0 amide bonds. The Morgan fingerprint density at radius 3 is 1.72 bits per heavy atom. The van der Waals surface area contributed by atoms with E-state index in [1.54, 1.807) is 11.1 Å². The third kappa shape index (κ3) is 5.54. The van der Waals surface area contributed by atoms with Crippen molar-refractivity contribution in [2.45, 2.75) is 146 Å². The molecule has 7 aromatic carbocycles. The van der Waals surface area contributed by atoms with Crippen LogP contribution in [0.25, 0.3) is 54.8 Å². The summed E-state index contributed by atoms with van der Waals surface area (Å²) in [6, 6.07) is 49.9. The summed E-state index contributed by atoms with van der Waals surface area (Å²) in [6.45, 7) is 12.4. The smallest absolute Gasteiger partial charge is 0.333 e. The maximum absolute atomic E-state index is 2.91. The lowest BCUT2D eigenvalue weighted by atomic mass is 9.44. The molecular formula is C69H69BN2. The first kappa shape index (κ1) is 41.9. The summed E-state index contributed by atoms with van der Waals surface area (Å²) in [4.78, 5) is 2.76. The van der Waals surface area contributed by atoms with Crippen molar-refractivity contribution in [2.75, 3.05) is 4.90 Å². The van der Waals surface area contributed by atoms with Gasteiger partial charge in [-0.3, -0.25) is 0 Å². The quantitative estimate of drug-likeness (QED) is 0.160. The number of rotatable bonds is 4. The Balaban J connectivity index is 1.00. The molecular weight excluding hydrogens is 868 g/mol. The van der Waals surface area contributed by atoms with Crippen LogP contribution in [0.4, 0.5) is 17.1 Å². The van der Waals surface area contributed by atoms with E-state index < -0.39 is 0 Å². The van der Waals surface area contributed by atoms with Crippen LogP contribution in [0, 0.1) is 42.4 Å². The van der Waals surface area contributed by atoms with E-state index in [1.807, 2.05) is 0 Å². The number of hydrogen-bond donors (Lipinski definition) is 0. The van der Waals surface area contributed by atoms with Crippen LogP contribution in [0.2, 0.25) is 0 Å². The standard InChI is InChI=1S/C69H69BN2/c1-40-21-57-58(67(4,5)20-19-66(57,2)3)33-61(40)71-60-17-15-48-13-9-10-14-52(48)63(60)70-64-54(28-49(29-62(64)71)47-11-7-6-8-12-47)56-32-51(69-37-44-25-45(38-69)27-46(26-44)39-69)31-55-53-30-50(16-18-59(53)72(70)65(55)56)68-34-41-22-42(35-68)24-43(23-41)36-68/h6-18,21,28-33,41-46H,19-20,22-27,34-39H2,1-5H3. The highest BCUT2D eigenvalue weighted by Crippen LogP contribution is 2.64. The number of hydrogen-bond acceptors (Lipinski definition) is 1. The minimum atomic E-state index is 0.00813. The highest BCUT2D eigenvalue weighted by atomic mass is 15.2. The number of aryl methyl sites for hydroxylation is 1. The molecule has 8 fully saturated rings. The van der Waals surface area contributed by atoms with Crippen LogP contribution in [0.5, 0.6) is 0 Å². The summed E-state index contributed by atoms with van der Waals surface area (Å²) in [5, 5.41) is 5.74. The van der Waals surface area contributed by atoms with Gasteiger partial charge >= 0.3 is 6.85 Å². The largest absolute Gasteiger partial charge is 0.375 e. The van der Waals surface area contributed by atoms with E-state index in [-0.39, 0.29) is 23.1 Å². The molecule has 3 heterocycles. The van der Waals surface area contributed by atoms with Gasteiger partial charge in [-0.2, -0.15) is 0 Å². The topological polar surface area (TPSA) is 8.17 Å². The molecule has 0 unspecified atom stereocenters. The molecule has 358 valence electrons. The van der Waals surface area contributed by atoms with Crippen LogP contribution in [-0.4, -0.2) is 11.3 Å². The van der Waals surface area contributed by atoms with E-state index in [9.17, 15) is 0 Å². The van der Waals surface area contributed by atoms with Crippen LogP contribution >= 0.6 is 0 Å². The summed E-state index contributed by atoms with van der Waals surface area (Å²) >= 11 is 0. The second-order valence-corrected chi connectivity index (χ2v) is 27.6. The van der Waals surface area contributed by atoms with Gasteiger partial charge < -0.3 is 9.38 Å². The molecule has 2 aliphatic heterocycles. The normalized spacial score (nSPS) is 30.3. The van der Waals surface area contributed by atoms with Crippen LogP contribution in [0.3, 0.4) is 0 Å². The molecule has 9 aliphatic carbocycles. The fourth-order valence-corrected chi connectivity index (χ4v) is 19.9. The van der Waals surface area contributed by atoms with Crippen LogP contribution in [0.15, 0.2) is 121 Å². The fraction of sp³-hybridized carbons (Fsp3) is 0.420. The summed E-state index contributed by atoms with van der Waals surface area (Å²) in [5.74, 6) is 5.42. The second kappa shape index (κ2) is 14.0. The molecule has 19 rings (SSSR count). The lowest BCUT2D eigenvalue weighted by Gasteiger charge is -2.57. The van der Waals surface area contributed by atoms with Crippen molar-refractivity contribution < 1.29 is 0 Å². The van der Waals surface area contributed by atoms with Gasteiger partial charge in [0.1, 0.15) is 0 Å². The Morgan fingerprint density at radius 2 is 1.06 bits per heavy atom. The van der Waals surface area contributed by atoms with E-state index in [1.165, 1.54) is 189 Å². The SMILES string of the molecule is Cc1cc2c(cc1N1c3cc(-c4ccccc4)cc4c3B(c3c1ccc1ccccc31)n1c3ccc(C56CC7CC(CC(C7)C5)C6)cc3c3cc(C56CC7CC(CC(C7)C5)C6)cc-4c31)C(C)(C)CCC2(C)C. The van der Waals surface area contributed by atoms with Gasteiger partial charge in [0.25, 0.3) is 0 Å². The highest BCUT2D eigenvalue weighted by molar-refractivity contribution is 6.91. The molecule has 1 aromatic heterocycles. The van der Waals surface area contributed by atoms with Gasteiger partial charge in [-0.1, -0.05) is 100 Å². The molecule has 0 spiro atoms. The average Bonchev–Trinajstić information content (AvgIpc) is 3.70. The molecule has 8 bridgehead atoms. The molecule has 11 aliphatic rings. The van der Waals surface area contributed by atoms with Crippen LogP contribution in [0.1, 0.15) is 145 Å². The summed E-state index contributed by atoms with van der Waals surface area (Å²) in [6.07, 6.45) is 19.6. The molecule has 0 saturated heterocycles. The van der Waals surface area contributed by atoms with Gasteiger partial charge in [0.15, 0.2) is 0 Å². The van der Waals surface area contributed by atoms with Gasteiger partial charge in [-0.15, -0.1) is 0 Å². The maximum atomic E-state index is 2.91. The van der Waals surface area contributed by atoms with E-state index in [4.69, 9.17) is 0 Å². The lowest BCUT2D eigenvalue weighted by molar-refractivity contribution is -0.00527. The molecule has 8 saturated carbocycles. The Labute approximate surface area is 427 Å².